The van der Waals surface area contributed by atoms with Crippen molar-refractivity contribution in [2.24, 2.45) is 0 Å². The molecule has 3 aromatic carbocycles. The molecule has 0 aromatic heterocycles. The van der Waals surface area contributed by atoms with Gasteiger partial charge in [0.15, 0.2) is 0 Å². The van der Waals surface area contributed by atoms with Crippen LogP contribution in [0, 0.1) is 12.7 Å². The van der Waals surface area contributed by atoms with Gasteiger partial charge >= 0.3 is 0 Å². The van der Waals surface area contributed by atoms with Crippen LogP contribution in [0.3, 0.4) is 0 Å². The Labute approximate surface area is 155 Å². The molecule has 0 saturated carbocycles. The van der Waals surface area contributed by atoms with E-state index in [-0.39, 0.29) is 5.82 Å². The summed E-state index contributed by atoms with van der Waals surface area (Å²) in [7, 11) is 0. The van der Waals surface area contributed by atoms with Crippen LogP contribution in [0.4, 0.5) is 10.1 Å². The SMILES string of the molecule is Cc1cccc(NCc2ccc(OCc3ccc(F)cc3)c(Br)c2)c1. The van der Waals surface area contributed by atoms with Gasteiger partial charge in [0, 0.05) is 12.2 Å². The Bertz CT molecular complexity index is 849. The van der Waals surface area contributed by atoms with E-state index in [0.29, 0.717) is 6.61 Å². The Morgan fingerprint density at radius 3 is 2.44 bits per heavy atom. The highest BCUT2D eigenvalue weighted by molar-refractivity contribution is 9.10. The van der Waals surface area contributed by atoms with Crippen LogP contribution in [-0.2, 0) is 13.2 Å². The van der Waals surface area contributed by atoms with Gasteiger partial charge in [-0.2, -0.15) is 0 Å². The second-order valence-corrected chi connectivity index (χ2v) is 6.76. The van der Waals surface area contributed by atoms with Gasteiger partial charge < -0.3 is 10.1 Å². The van der Waals surface area contributed by atoms with Gasteiger partial charge in [-0.25, -0.2) is 4.39 Å². The number of nitrogens with one attached hydrogen (secondary N) is 1. The monoisotopic (exact) mass is 399 g/mol. The molecule has 0 amide bonds. The number of anilines is 1. The quantitative estimate of drug-likeness (QED) is 0.541. The van der Waals surface area contributed by atoms with Crippen molar-refractivity contribution >= 4 is 21.6 Å². The minimum Gasteiger partial charge on any atom is -0.488 e. The van der Waals surface area contributed by atoms with Crippen molar-refractivity contribution in [3.05, 3.63) is 93.7 Å². The predicted octanol–water partition coefficient (Wildman–Crippen LogP) is 6.09. The van der Waals surface area contributed by atoms with E-state index in [4.69, 9.17) is 4.74 Å². The number of hydrogen-bond donors (Lipinski definition) is 1. The first-order valence-corrected chi connectivity index (χ1v) is 8.86. The zero-order chi connectivity index (χ0) is 17.6. The van der Waals surface area contributed by atoms with E-state index < -0.39 is 0 Å². The number of ether oxygens (including phenoxy) is 1. The van der Waals surface area contributed by atoms with Crippen LogP contribution in [0.1, 0.15) is 16.7 Å². The molecular weight excluding hydrogens is 381 g/mol. The van der Waals surface area contributed by atoms with Crippen LogP contribution in [0.5, 0.6) is 5.75 Å². The topological polar surface area (TPSA) is 21.3 Å². The van der Waals surface area contributed by atoms with Crippen molar-refractivity contribution in [2.45, 2.75) is 20.1 Å². The molecule has 1 N–H and O–H groups in total. The predicted molar refractivity (Wildman–Crippen MR) is 103 cm³/mol. The van der Waals surface area contributed by atoms with E-state index in [2.05, 4.69) is 46.4 Å². The first kappa shape index (κ1) is 17.5. The van der Waals surface area contributed by atoms with Gasteiger partial charge in [0.05, 0.1) is 4.47 Å². The Kier molecular flexibility index (Phi) is 5.71. The summed E-state index contributed by atoms with van der Waals surface area (Å²) in [6, 6.07) is 20.7. The molecule has 0 radical (unpaired) electrons. The fourth-order valence-electron chi connectivity index (χ4n) is 2.47. The molecule has 0 aliphatic rings. The number of hydrogen-bond acceptors (Lipinski definition) is 2. The molecule has 0 unspecified atom stereocenters. The van der Waals surface area contributed by atoms with E-state index in [1.54, 1.807) is 12.1 Å². The second-order valence-electron chi connectivity index (χ2n) is 5.90. The molecule has 0 aliphatic carbocycles. The van der Waals surface area contributed by atoms with E-state index in [9.17, 15) is 4.39 Å². The third-order valence-corrected chi connectivity index (χ3v) is 4.44. The summed E-state index contributed by atoms with van der Waals surface area (Å²) in [5.41, 5.74) is 4.42. The summed E-state index contributed by atoms with van der Waals surface area (Å²) in [6.45, 7) is 3.22. The van der Waals surface area contributed by atoms with Crippen LogP contribution in [0.25, 0.3) is 0 Å². The Morgan fingerprint density at radius 2 is 1.72 bits per heavy atom. The van der Waals surface area contributed by atoms with Gasteiger partial charge in [-0.1, -0.05) is 30.3 Å². The molecule has 0 atom stereocenters. The lowest BCUT2D eigenvalue weighted by Gasteiger charge is -2.11. The average Bonchev–Trinajstić information content (AvgIpc) is 2.61. The van der Waals surface area contributed by atoms with Crippen LogP contribution in [0.15, 0.2) is 71.2 Å². The van der Waals surface area contributed by atoms with E-state index in [1.807, 2.05) is 24.3 Å². The molecule has 0 saturated heterocycles. The molecular formula is C21H19BrFNO. The van der Waals surface area contributed by atoms with E-state index in [0.717, 1.165) is 33.6 Å². The normalized spacial score (nSPS) is 10.5. The smallest absolute Gasteiger partial charge is 0.134 e. The average molecular weight is 400 g/mol. The maximum Gasteiger partial charge on any atom is 0.134 e. The second kappa shape index (κ2) is 8.17. The molecule has 3 aromatic rings. The Hall–Kier alpha value is -2.33. The number of halogens is 2. The fourth-order valence-corrected chi connectivity index (χ4v) is 3.01. The fraction of sp³-hybridized carbons (Fsp3) is 0.143. The summed E-state index contributed by atoms with van der Waals surface area (Å²) in [5, 5.41) is 3.41. The van der Waals surface area contributed by atoms with E-state index >= 15 is 0 Å². The maximum absolute atomic E-state index is 12.9. The van der Waals surface area contributed by atoms with Gasteiger partial charge in [0.2, 0.25) is 0 Å². The summed E-state index contributed by atoms with van der Waals surface area (Å²) in [6.07, 6.45) is 0. The lowest BCUT2D eigenvalue weighted by Crippen LogP contribution is -2.01. The molecule has 25 heavy (non-hydrogen) atoms. The molecule has 0 bridgehead atoms. The molecule has 128 valence electrons. The highest BCUT2D eigenvalue weighted by atomic mass is 79.9. The lowest BCUT2D eigenvalue weighted by molar-refractivity contribution is 0.304. The Morgan fingerprint density at radius 1 is 0.960 bits per heavy atom. The van der Waals surface area contributed by atoms with Crippen molar-refractivity contribution in [3.8, 4) is 5.75 Å². The van der Waals surface area contributed by atoms with E-state index in [1.165, 1.54) is 17.7 Å². The van der Waals surface area contributed by atoms with Gasteiger partial charge in [0.25, 0.3) is 0 Å². The summed E-state index contributed by atoms with van der Waals surface area (Å²) in [5.74, 6) is 0.527. The van der Waals surface area contributed by atoms with Gasteiger partial charge in [-0.3, -0.25) is 0 Å². The molecule has 2 nitrogen and oxygen atoms in total. The highest BCUT2D eigenvalue weighted by Gasteiger charge is 2.04. The van der Waals surface area contributed by atoms with Gasteiger partial charge in [-0.15, -0.1) is 0 Å². The minimum atomic E-state index is -0.240. The molecule has 4 heteroatoms. The van der Waals surface area contributed by atoms with Crippen molar-refractivity contribution in [1.29, 1.82) is 0 Å². The van der Waals surface area contributed by atoms with Crippen molar-refractivity contribution < 1.29 is 9.13 Å². The molecule has 0 heterocycles. The minimum absolute atomic E-state index is 0.240. The number of benzene rings is 3. The Balaban J connectivity index is 1.59. The number of rotatable bonds is 6. The van der Waals surface area contributed by atoms with Gasteiger partial charge in [0.1, 0.15) is 18.2 Å². The summed E-state index contributed by atoms with van der Waals surface area (Å²) in [4.78, 5) is 0. The molecule has 3 rings (SSSR count). The summed E-state index contributed by atoms with van der Waals surface area (Å²) >= 11 is 3.56. The third kappa shape index (κ3) is 5.07. The lowest BCUT2D eigenvalue weighted by atomic mass is 10.2. The van der Waals surface area contributed by atoms with Crippen LogP contribution < -0.4 is 10.1 Å². The highest BCUT2D eigenvalue weighted by Crippen LogP contribution is 2.27. The first-order valence-electron chi connectivity index (χ1n) is 8.06. The third-order valence-electron chi connectivity index (χ3n) is 3.82. The molecule has 0 aliphatic heterocycles. The molecule has 0 fully saturated rings. The molecule has 0 spiro atoms. The standard InChI is InChI=1S/C21H19BrFNO/c1-15-3-2-4-19(11-15)24-13-17-7-10-21(20(22)12-17)25-14-16-5-8-18(23)9-6-16/h2-12,24H,13-14H2,1H3. The van der Waals surface area contributed by atoms with Gasteiger partial charge in [-0.05, 0) is 75.9 Å². The zero-order valence-electron chi connectivity index (χ0n) is 13.9. The van der Waals surface area contributed by atoms with Crippen LogP contribution in [-0.4, -0.2) is 0 Å². The van der Waals surface area contributed by atoms with Crippen molar-refractivity contribution in [2.75, 3.05) is 5.32 Å². The largest absolute Gasteiger partial charge is 0.488 e. The zero-order valence-corrected chi connectivity index (χ0v) is 15.5. The van der Waals surface area contributed by atoms with Crippen molar-refractivity contribution in [3.63, 3.8) is 0 Å². The van der Waals surface area contributed by atoms with Crippen molar-refractivity contribution in [1.82, 2.24) is 0 Å². The first-order chi connectivity index (χ1) is 12.1. The maximum atomic E-state index is 12.9. The summed E-state index contributed by atoms with van der Waals surface area (Å²) < 4.78 is 19.6. The van der Waals surface area contributed by atoms with Crippen LogP contribution in [0.2, 0.25) is 0 Å². The van der Waals surface area contributed by atoms with Crippen LogP contribution >= 0.6 is 15.9 Å². The number of aryl methyl sites for hydroxylation is 1.